The maximum atomic E-state index is 12.7. The topological polar surface area (TPSA) is 176 Å². The van der Waals surface area contributed by atoms with Gasteiger partial charge in [0.05, 0.1) is 24.2 Å². The lowest BCUT2D eigenvalue weighted by Gasteiger charge is -2.34. The monoisotopic (exact) mass is 1520 g/mol. The molecule has 2 aromatic heterocycles. The molecule has 2 N–H and O–H groups in total. The van der Waals surface area contributed by atoms with Crippen molar-refractivity contribution in [2.24, 2.45) is 23.7 Å². The summed E-state index contributed by atoms with van der Waals surface area (Å²) in [6.45, 7) is 33.5. The van der Waals surface area contributed by atoms with Crippen molar-refractivity contribution in [1.82, 2.24) is 48.5 Å². The zero-order valence-corrected chi connectivity index (χ0v) is 67.4. The summed E-state index contributed by atoms with van der Waals surface area (Å²) in [5.74, 6) is 7.62. The Bertz CT molecular complexity index is 3360. The van der Waals surface area contributed by atoms with Crippen molar-refractivity contribution in [2.75, 3.05) is 118 Å². The minimum Gasteiger partial charge on any atom is -0.491 e. The second-order valence-corrected chi connectivity index (χ2v) is 34.2. The van der Waals surface area contributed by atoms with E-state index in [2.05, 4.69) is 53.0 Å². The van der Waals surface area contributed by atoms with Crippen LogP contribution in [0.15, 0.2) is 84.9 Å². The van der Waals surface area contributed by atoms with Gasteiger partial charge in [-0.25, -0.2) is 19.6 Å². The van der Waals surface area contributed by atoms with Crippen LogP contribution >= 0.6 is 23.2 Å². The molecule has 0 saturated carbocycles. The van der Waals surface area contributed by atoms with Gasteiger partial charge >= 0.3 is 12.2 Å². The molecule has 0 aliphatic carbocycles. The number of amides is 2. The summed E-state index contributed by atoms with van der Waals surface area (Å²) in [5, 5.41) is 1.39. The van der Waals surface area contributed by atoms with E-state index in [0.717, 1.165) is 172 Å². The van der Waals surface area contributed by atoms with Gasteiger partial charge in [-0.3, -0.25) is 0 Å². The molecule has 21 heteroatoms. The number of benzene rings is 4. The van der Waals surface area contributed by atoms with Crippen LogP contribution in [-0.2, 0) is 35.8 Å². The van der Waals surface area contributed by atoms with Crippen molar-refractivity contribution >= 4 is 57.5 Å². The van der Waals surface area contributed by atoms with E-state index in [1.54, 1.807) is 0 Å². The molecule has 0 spiro atoms. The summed E-state index contributed by atoms with van der Waals surface area (Å²) in [7, 11) is 0. The largest absolute Gasteiger partial charge is 0.491 e. The van der Waals surface area contributed by atoms with Gasteiger partial charge in [0, 0.05) is 49.3 Å². The fraction of sp³-hybridized carbons (Fsp3) is 0.674. The molecule has 4 aromatic carbocycles. The minimum atomic E-state index is -0.475. The third kappa shape index (κ3) is 27.1. The molecule has 8 heterocycles. The Balaban J connectivity index is 0.000000227. The summed E-state index contributed by atoms with van der Waals surface area (Å²) in [4.78, 5) is 50.0. The number of hydrogen-bond acceptors (Lipinski definition) is 14. The second kappa shape index (κ2) is 42.4. The average molecular weight is 1520 g/mol. The summed E-state index contributed by atoms with van der Waals surface area (Å²) < 4.78 is 41.5. The molecule has 2 amide bonds. The fourth-order valence-electron chi connectivity index (χ4n) is 16.9. The SMILES string of the molecule is CC(C)(C)OC(=O)N1CCCC(CCCOc2cccc3nc(COc4ccc(Cl)cc4)n(CCCC4CCN(CCCN5CCCCC5)CC4)c23)C1.CC(C)(C)OC(=O)N1CCCC(CCCOc2cccc3nc(COc4ccc(Cl)cc4)n(CCCC4CCN(CCCN5CCCCC5)CC4)c23)C1.O. The first-order valence-corrected chi connectivity index (χ1v) is 42.0. The highest BCUT2D eigenvalue weighted by Gasteiger charge is 2.31. The number of ether oxygens (including phenoxy) is 6. The average Bonchev–Trinajstić information content (AvgIpc) is 1.64. The molecule has 6 aromatic rings. The lowest BCUT2D eigenvalue weighted by Crippen LogP contribution is -2.42. The van der Waals surface area contributed by atoms with Crippen molar-refractivity contribution in [3.63, 3.8) is 0 Å². The molecule has 107 heavy (non-hydrogen) atoms. The van der Waals surface area contributed by atoms with Crippen LogP contribution in [0.5, 0.6) is 23.0 Å². The van der Waals surface area contributed by atoms with Gasteiger partial charge in [-0.1, -0.05) is 48.2 Å². The van der Waals surface area contributed by atoms with Crippen molar-refractivity contribution < 1.29 is 43.5 Å². The van der Waals surface area contributed by atoms with Crippen molar-refractivity contribution in [3.8, 4) is 23.0 Å². The third-order valence-corrected chi connectivity index (χ3v) is 23.1. The first-order valence-electron chi connectivity index (χ1n) is 41.2. The maximum absolute atomic E-state index is 12.7. The number of aryl methyl sites for hydroxylation is 2. The van der Waals surface area contributed by atoms with Gasteiger partial charge in [-0.15, -0.1) is 0 Å². The van der Waals surface area contributed by atoms with Gasteiger partial charge in [-0.2, -0.15) is 0 Å². The molecular weight excluding hydrogens is 1390 g/mol. The molecular formula is C86H130Cl2N10O9. The lowest BCUT2D eigenvalue weighted by atomic mass is 9.92. The minimum absolute atomic E-state index is 0. The van der Waals surface area contributed by atoms with E-state index in [4.69, 9.17) is 61.6 Å². The van der Waals surface area contributed by atoms with Gasteiger partial charge in [0.25, 0.3) is 0 Å². The number of hydrogen-bond donors (Lipinski definition) is 0. The number of aromatic nitrogens is 4. The van der Waals surface area contributed by atoms with Gasteiger partial charge in [0.15, 0.2) is 0 Å². The molecule has 6 aliphatic rings. The van der Waals surface area contributed by atoms with Crippen molar-refractivity contribution in [1.29, 1.82) is 0 Å². The molecule has 6 aliphatic heterocycles. The molecule has 2 unspecified atom stereocenters. The summed E-state index contributed by atoms with van der Waals surface area (Å²) in [6.07, 6.45) is 28.6. The predicted molar refractivity (Wildman–Crippen MR) is 432 cm³/mol. The number of imidazole rings is 2. The summed E-state index contributed by atoms with van der Waals surface area (Å²) in [6, 6.07) is 27.4. The van der Waals surface area contributed by atoms with Gasteiger partial charge in [0.2, 0.25) is 0 Å². The predicted octanol–water partition coefficient (Wildman–Crippen LogP) is 18.1. The highest BCUT2D eigenvalue weighted by Crippen LogP contribution is 2.34. The van der Waals surface area contributed by atoms with E-state index in [0.29, 0.717) is 48.3 Å². The van der Waals surface area contributed by atoms with Crippen molar-refractivity contribution in [3.05, 3.63) is 107 Å². The van der Waals surface area contributed by atoms with Gasteiger partial charge in [0.1, 0.15) is 70.1 Å². The zero-order valence-electron chi connectivity index (χ0n) is 65.9. The number of nitrogens with zero attached hydrogens (tertiary/aromatic N) is 10. The number of likely N-dealkylation sites (tertiary alicyclic amines) is 6. The van der Waals surface area contributed by atoms with Crippen LogP contribution in [0.2, 0.25) is 10.0 Å². The Morgan fingerprint density at radius 3 is 1.14 bits per heavy atom. The first-order chi connectivity index (χ1) is 51.4. The molecule has 6 saturated heterocycles. The fourth-order valence-corrected chi connectivity index (χ4v) is 17.1. The lowest BCUT2D eigenvalue weighted by molar-refractivity contribution is 0.0150. The van der Waals surface area contributed by atoms with E-state index >= 15 is 0 Å². The maximum Gasteiger partial charge on any atom is 0.410 e. The van der Waals surface area contributed by atoms with Crippen LogP contribution in [0.3, 0.4) is 0 Å². The summed E-state index contributed by atoms with van der Waals surface area (Å²) in [5.41, 5.74) is 3.04. The van der Waals surface area contributed by atoms with Crippen molar-refractivity contribution in [2.45, 2.75) is 233 Å². The Labute approximate surface area is 650 Å². The Hall–Kier alpha value is -6.06. The van der Waals surface area contributed by atoms with Crippen LogP contribution in [-0.4, -0.2) is 195 Å². The number of fused-ring (bicyclic) bond motifs is 2. The Kier molecular flexibility index (Phi) is 33.0. The van der Waals surface area contributed by atoms with E-state index < -0.39 is 11.2 Å². The Morgan fingerprint density at radius 1 is 0.402 bits per heavy atom. The van der Waals surface area contributed by atoms with Crippen LogP contribution in [0.1, 0.15) is 207 Å². The smallest absolute Gasteiger partial charge is 0.410 e. The molecule has 19 nitrogen and oxygen atoms in total. The molecule has 0 radical (unpaired) electrons. The van der Waals surface area contributed by atoms with E-state index in [9.17, 15) is 9.59 Å². The highest BCUT2D eigenvalue weighted by molar-refractivity contribution is 6.30. The normalized spacial score (nSPS) is 19.3. The Morgan fingerprint density at radius 2 is 0.766 bits per heavy atom. The molecule has 0 bridgehead atoms. The van der Waals surface area contributed by atoms with Crippen LogP contribution in [0, 0.1) is 23.7 Å². The van der Waals surface area contributed by atoms with E-state index in [1.807, 2.05) is 112 Å². The number of para-hydroxylation sites is 2. The summed E-state index contributed by atoms with van der Waals surface area (Å²) >= 11 is 12.3. The standard InChI is InChI=1S/2C43H64ClN5O4.H2O/c2*1-43(2,3)53-42(50)48-27-8-13-35(32-48)14-10-31-51-39-16-7-15-38-41(39)49(40(45-38)33-52-37-19-17-36(44)18-20-37)28-9-12-34-21-29-47(30-22-34)26-11-25-46-23-5-4-6-24-46;/h2*7,15-20,34-35H,4-6,8-14,21-33H2,1-3H3;1H2. The first kappa shape index (κ1) is 83.4. The van der Waals surface area contributed by atoms with Crippen LogP contribution in [0.25, 0.3) is 22.1 Å². The number of carbonyl (C=O) groups is 2. The molecule has 6 fully saturated rings. The van der Waals surface area contributed by atoms with Gasteiger partial charge < -0.3 is 72.4 Å². The zero-order chi connectivity index (χ0) is 74.1. The van der Waals surface area contributed by atoms with Crippen LogP contribution in [0.4, 0.5) is 9.59 Å². The van der Waals surface area contributed by atoms with Gasteiger partial charge in [-0.05, 0) is 358 Å². The number of halogens is 2. The second-order valence-electron chi connectivity index (χ2n) is 33.3. The van der Waals surface area contributed by atoms with E-state index in [-0.39, 0.29) is 17.7 Å². The highest BCUT2D eigenvalue weighted by atomic mass is 35.5. The molecule has 592 valence electrons. The quantitative estimate of drug-likeness (QED) is 0.0365. The van der Waals surface area contributed by atoms with E-state index in [1.165, 1.54) is 168 Å². The number of piperidine rings is 6. The third-order valence-electron chi connectivity index (χ3n) is 22.5. The number of carbonyl (C=O) groups excluding carboxylic acids is 2. The van der Waals surface area contributed by atoms with Crippen LogP contribution < -0.4 is 18.9 Å². The number of rotatable bonds is 32. The molecule has 12 rings (SSSR count). The molecule has 2 atom stereocenters.